The summed E-state index contributed by atoms with van der Waals surface area (Å²) in [6.07, 6.45) is 3.21. The van der Waals surface area contributed by atoms with Gasteiger partial charge in [-0.3, -0.25) is 14.5 Å². The third-order valence-corrected chi connectivity index (χ3v) is 9.38. The minimum Gasteiger partial charge on any atom is -0.322 e. The van der Waals surface area contributed by atoms with Crippen LogP contribution in [0.1, 0.15) is 17.5 Å². The first-order valence-corrected chi connectivity index (χ1v) is 15.0. The third-order valence-electron chi connectivity index (χ3n) is 6.86. The maximum atomic E-state index is 13.3. The van der Waals surface area contributed by atoms with E-state index in [2.05, 4.69) is 19.7 Å². The first-order chi connectivity index (χ1) is 19.2. The van der Waals surface area contributed by atoms with Crippen molar-refractivity contribution in [3.63, 3.8) is 0 Å². The first kappa shape index (κ1) is 28.5. The maximum Gasteiger partial charge on any atom is 0.501 e. The summed E-state index contributed by atoms with van der Waals surface area (Å²) >= 11 is 0. The topological polar surface area (TPSA) is 155 Å². The molecule has 2 fully saturated rings. The van der Waals surface area contributed by atoms with Crippen molar-refractivity contribution >= 4 is 43.4 Å². The summed E-state index contributed by atoms with van der Waals surface area (Å²) in [6.45, 7) is 0.0526. The molecule has 0 radical (unpaired) electrons. The number of carbonyl (C=O) groups is 2. The predicted octanol–water partition coefficient (Wildman–Crippen LogP) is 2.88. The van der Waals surface area contributed by atoms with Crippen LogP contribution in [0.2, 0.25) is 0 Å². The number of amides is 3. The van der Waals surface area contributed by atoms with E-state index in [0.717, 1.165) is 22.6 Å². The molecular formula is C25H22F3N5O6S2. The van der Waals surface area contributed by atoms with Gasteiger partial charge < -0.3 is 5.32 Å². The summed E-state index contributed by atoms with van der Waals surface area (Å²) in [5, 5.41) is 2.62. The molecular weight excluding hydrogens is 587 g/mol. The fraction of sp³-hybridized carbons (Fsp3) is 0.240. The average Bonchev–Trinajstić information content (AvgIpc) is 3.54. The van der Waals surface area contributed by atoms with E-state index in [1.165, 1.54) is 12.4 Å². The molecule has 1 aliphatic carbocycles. The maximum absolute atomic E-state index is 13.3. The van der Waals surface area contributed by atoms with Crippen molar-refractivity contribution in [2.75, 3.05) is 9.62 Å². The number of alkyl halides is 3. The number of urea groups is 1. The van der Waals surface area contributed by atoms with Crippen LogP contribution in [-0.4, -0.2) is 44.8 Å². The Morgan fingerprint density at radius 2 is 1.68 bits per heavy atom. The van der Waals surface area contributed by atoms with Gasteiger partial charge in [-0.05, 0) is 60.2 Å². The zero-order valence-electron chi connectivity index (χ0n) is 20.9. The fourth-order valence-corrected chi connectivity index (χ4v) is 6.30. The molecule has 2 aromatic carbocycles. The van der Waals surface area contributed by atoms with Crippen LogP contribution >= 0.6 is 0 Å². The van der Waals surface area contributed by atoms with E-state index in [4.69, 9.17) is 0 Å². The molecule has 216 valence electrons. The van der Waals surface area contributed by atoms with Crippen molar-refractivity contribution in [1.82, 2.24) is 15.0 Å². The summed E-state index contributed by atoms with van der Waals surface area (Å²) in [7, 11) is -9.58. The smallest absolute Gasteiger partial charge is 0.322 e. The zero-order valence-corrected chi connectivity index (χ0v) is 22.6. The number of nitrogens with one attached hydrogen (secondary N) is 3. The van der Waals surface area contributed by atoms with Crippen LogP contribution in [-0.2, 0) is 37.8 Å². The van der Waals surface area contributed by atoms with Crippen LogP contribution in [0, 0.1) is 5.92 Å². The second kappa shape index (κ2) is 10.1. The van der Waals surface area contributed by atoms with Crippen LogP contribution in [0.3, 0.4) is 0 Å². The fourth-order valence-electron chi connectivity index (χ4n) is 4.64. The van der Waals surface area contributed by atoms with Gasteiger partial charge in [0.1, 0.15) is 5.54 Å². The van der Waals surface area contributed by atoms with Gasteiger partial charge in [-0.25, -0.2) is 18.1 Å². The lowest BCUT2D eigenvalue weighted by atomic mass is 10.0. The standard InChI is InChI=1S/C25H22F3N5O6S2/c26-25(27,28)40(36,37)20-8-6-19(7-9-20)33-22(34)24(31-23(33)35)13-18(24)12-17-10-11-29-15-21(17)32-41(38,39)30-14-16-4-2-1-3-5-16/h1-11,15,18,30,32H,12-14H2,(H,31,35). The average molecular weight is 610 g/mol. The molecule has 2 heterocycles. The van der Waals surface area contributed by atoms with E-state index < -0.39 is 53.8 Å². The molecule has 5 rings (SSSR count). The molecule has 1 saturated heterocycles. The molecule has 0 bridgehead atoms. The minimum absolute atomic E-state index is 0.0526. The Morgan fingerprint density at radius 1 is 1.00 bits per heavy atom. The number of halogens is 3. The molecule has 3 amide bonds. The van der Waals surface area contributed by atoms with Gasteiger partial charge in [-0.2, -0.15) is 26.3 Å². The van der Waals surface area contributed by atoms with E-state index in [1.54, 1.807) is 36.4 Å². The van der Waals surface area contributed by atoms with E-state index in [1.807, 2.05) is 0 Å². The highest BCUT2D eigenvalue weighted by atomic mass is 32.2. The second-order valence-electron chi connectivity index (χ2n) is 9.54. The molecule has 1 aliphatic heterocycles. The first-order valence-electron chi connectivity index (χ1n) is 12.1. The van der Waals surface area contributed by atoms with Crippen molar-refractivity contribution in [2.45, 2.75) is 35.3 Å². The normalized spacial score (nSPS) is 20.8. The second-order valence-corrected chi connectivity index (χ2v) is 13.0. The minimum atomic E-state index is -5.60. The summed E-state index contributed by atoms with van der Waals surface area (Å²) in [5.74, 6) is -1.07. The van der Waals surface area contributed by atoms with Crippen molar-refractivity contribution in [1.29, 1.82) is 0 Å². The highest BCUT2D eigenvalue weighted by Gasteiger charge is 2.67. The number of aromatic nitrogens is 1. The van der Waals surface area contributed by atoms with Gasteiger partial charge in [0.2, 0.25) is 0 Å². The molecule has 3 N–H and O–H groups in total. The van der Waals surface area contributed by atoms with Gasteiger partial charge in [-0.15, -0.1) is 0 Å². The van der Waals surface area contributed by atoms with Crippen molar-refractivity contribution in [3.8, 4) is 0 Å². The lowest BCUT2D eigenvalue weighted by Gasteiger charge is -2.15. The molecule has 3 aromatic rings. The van der Waals surface area contributed by atoms with E-state index >= 15 is 0 Å². The lowest BCUT2D eigenvalue weighted by Crippen LogP contribution is -2.35. The van der Waals surface area contributed by atoms with E-state index in [-0.39, 0.29) is 30.8 Å². The molecule has 11 nitrogen and oxygen atoms in total. The van der Waals surface area contributed by atoms with Gasteiger partial charge in [0, 0.05) is 12.7 Å². The van der Waals surface area contributed by atoms with Crippen LogP contribution in [0.25, 0.3) is 0 Å². The van der Waals surface area contributed by atoms with E-state index in [0.29, 0.717) is 17.7 Å². The summed E-state index contributed by atoms with van der Waals surface area (Å²) < 4.78 is 91.9. The number of nitrogens with zero attached hydrogens (tertiary/aromatic N) is 2. The monoisotopic (exact) mass is 609 g/mol. The van der Waals surface area contributed by atoms with Crippen molar-refractivity contribution < 1.29 is 39.6 Å². The summed E-state index contributed by atoms with van der Waals surface area (Å²) in [6, 6.07) is 12.9. The Labute approximate surface area is 232 Å². The quantitative estimate of drug-likeness (QED) is 0.315. The molecule has 2 atom stereocenters. The van der Waals surface area contributed by atoms with Crippen molar-refractivity contribution in [2.24, 2.45) is 5.92 Å². The van der Waals surface area contributed by atoms with Crippen molar-refractivity contribution in [3.05, 3.63) is 84.2 Å². The third kappa shape index (κ3) is 5.49. The highest BCUT2D eigenvalue weighted by Crippen LogP contribution is 2.50. The van der Waals surface area contributed by atoms with Gasteiger partial charge in [-0.1, -0.05) is 30.3 Å². The van der Waals surface area contributed by atoms with Gasteiger partial charge in [0.15, 0.2) is 0 Å². The van der Waals surface area contributed by atoms with Gasteiger partial charge in [0.05, 0.1) is 22.5 Å². The van der Waals surface area contributed by atoms with Gasteiger partial charge in [0.25, 0.3) is 26.0 Å². The molecule has 2 unspecified atom stereocenters. The number of anilines is 2. The zero-order chi connectivity index (χ0) is 29.6. The number of imide groups is 1. The number of sulfone groups is 1. The molecule has 16 heteroatoms. The van der Waals surface area contributed by atoms with Crippen LogP contribution in [0.5, 0.6) is 0 Å². The summed E-state index contributed by atoms with van der Waals surface area (Å²) in [4.78, 5) is 29.7. The predicted molar refractivity (Wildman–Crippen MR) is 140 cm³/mol. The summed E-state index contributed by atoms with van der Waals surface area (Å²) in [5.41, 5.74) is -5.43. The highest BCUT2D eigenvalue weighted by molar-refractivity contribution is 7.92. The molecule has 2 aliphatic rings. The lowest BCUT2D eigenvalue weighted by molar-refractivity contribution is -0.119. The Kier molecular flexibility index (Phi) is 7.03. The molecule has 1 spiro atoms. The number of benzene rings is 2. The SMILES string of the molecule is O=C1NC2(CC2Cc2ccncc2NS(=O)(=O)NCc2ccccc2)C(=O)N1c1ccc(S(=O)(=O)C(F)(F)F)cc1. The Balaban J connectivity index is 1.28. The number of hydrogen-bond donors (Lipinski definition) is 3. The van der Waals surface area contributed by atoms with Crippen LogP contribution in [0.4, 0.5) is 29.3 Å². The van der Waals surface area contributed by atoms with Crippen LogP contribution in [0.15, 0.2) is 78.0 Å². The Bertz CT molecular complexity index is 1720. The van der Waals surface area contributed by atoms with Crippen LogP contribution < -0.4 is 19.7 Å². The molecule has 1 saturated carbocycles. The van der Waals surface area contributed by atoms with E-state index in [9.17, 15) is 39.6 Å². The Hall–Kier alpha value is -4.02. The number of pyridine rings is 1. The van der Waals surface area contributed by atoms with Gasteiger partial charge >= 0.3 is 11.5 Å². The largest absolute Gasteiger partial charge is 0.501 e. The molecule has 41 heavy (non-hydrogen) atoms. The number of carbonyl (C=O) groups excluding carboxylic acids is 2. The molecule has 1 aromatic heterocycles. The number of rotatable bonds is 9. The number of hydrogen-bond acceptors (Lipinski definition) is 7. The Morgan fingerprint density at radius 3 is 2.34 bits per heavy atom.